The van der Waals surface area contributed by atoms with E-state index in [-0.39, 0.29) is 0 Å². The molecule has 1 amide bonds. The predicted molar refractivity (Wildman–Crippen MR) is 107 cm³/mol. The first kappa shape index (κ1) is 20.4. The fourth-order valence-electron chi connectivity index (χ4n) is 2.87. The van der Waals surface area contributed by atoms with E-state index in [4.69, 9.17) is 9.47 Å². The predicted octanol–water partition coefficient (Wildman–Crippen LogP) is 3.37. The van der Waals surface area contributed by atoms with E-state index >= 15 is 0 Å². The van der Waals surface area contributed by atoms with Crippen LogP contribution in [-0.4, -0.2) is 35.6 Å². The molecule has 0 fully saturated rings. The fourth-order valence-corrected chi connectivity index (χ4v) is 2.87. The molecule has 0 aliphatic rings. The maximum absolute atomic E-state index is 13.0. The second-order valence-electron chi connectivity index (χ2n) is 7.10. The van der Waals surface area contributed by atoms with Crippen molar-refractivity contribution < 1.29 is 23.5 Å². The third kappa shape index (κ3) is 5.34. The van der Waals surface area contributed by atoms with Gasteiger partial charge in [-0.1, -0.05) is 18.2 Å². The number of halogens is 1. The standard InChI is InChI=1S/C22H23FN2O4/c1-22(2,29-17-9-7-16(23)8-10-17)21(27)28-14-20(26)24-12-11-15-13-25-19-6-4-3-5-18(15)19/h3-10,13,25H,11-12,14H2,1-2H3,(H,24,26). The molecule has 0 spiro atoms. The molecule has 0 bridgehead atoms. The van der Waals surface area contributed by atoms with Crippen molar-refractivity contribution in [3.8, 4) is 5.75 Å². The Bertz CT molecular complexity index is 995. The van der Waals surface area contributed by atoms with Gasteiger partial charge in [0.2, 0.25) is 0 Å². The van der Waals surface area contributed by atoms with E-state index in [1.165, 1.54) is 38.1 Å². The number of ether oxygens (including phenoxy) is 2. The molecule has 2 aromatic carbocycles. The second kappa shape index (κ2) is 8.77. The minimum Gasteiger partial charge on any atom is -0.476 e. The van der Waals surface area contributed by atoms with Crippen LogP contribution in [0, 0.1) is 5.82 Å². The summed E-state index contributed by atoms with van der Waals surface area (Å²) in [6, 6.07) is 13.2. The lowest BCUT2D eigenvalue weighted by atomic mass is 10.1. The van der Waals surface area contributed by atoms with Crippen LogP contribution in [0.1, 0.15) is 19.4 Å². The number of aromatic nitrogens is 1. The number of fused-ring (bicyclic) bond motifs is 1. The van der Waals surface area contributed by atoms with Gasteiger partial charge in [-0.2, -0.15) is 0 Å². The molecule has 7 heteroatoms. The maximum atomic E-state index is 13.0. The molecule has 6 nitrogen and oxygen atoms in total. The molecule has 29 heavy (non-hydrogen) atoms. The molecule has 0 unspecified atom stereocenters. The number of H-pyrrole nitrogens is 1. The van der Waals surface area contributed by atoms with Gasteiger partial charge in [-0.3, -0.25) is 4.79 Å². The van der Waals surface area contributed by atoms with E-state index in [9.17, 15) is 14.0 Å². The highest BCUT2D eigenvalue weighted by Crippen LogP contribution is 2.20. The summed E-state index contributed by atoms with van der Waals surface area (Å²) in [5.74, 6) is -1.15. The topological polar surface area (TPSA) is 80.4 Å². The van der Waals surface area contributed by atoms with Gasteiger partial charge in [0.05, 0.1) is 0 Å². The quantitative estimate of drug-likeness (QED) is 0.570. The minimum atomic E-state index is -1.32. The van der Waals surface area contributed by atoms with Gasteiger partial charge in [-0.15, -0.1) is 0 Å². The number of carbonyl (C=O) groups excluding carboxylic acids is 2. The van der Waals surface area contributed by atoms with Gasteiger partial charge < -0.3 is 19.8 Å². The summed E-state index contributed by atoms with van der Waals surface area (Å²) in [5.41, 5.74) is 0.833. The van der Waals surface area contributed by atoms with Crippen LogP contribution in [0.4, 0.5) is 4.39 Å². The Labute approximate surface area is 168 Å². The first-order chi connectivity index (χ1) is 13.8. The van der Waals surface area contributed by atoms with E-state index in [0.717, 1.165) is 16.5 Å². The Kier molecular flexibility index (Phi) is 6.16. The number of amides is 1. The van der Waals surface area contributed by atoms with E-state index < -0.39 is 29.9 Å². The van der Waals surface area contributed by atoms with Crippen LogP contribution in [0.5, 0.6) is 5.75 Å². The smallest absolute Gasteiger partial charge is 0.350 e. The lowest BCUT2D eigenvalue weighted by Gasteiger charge is -2.24. The normalized spacial score (nSPS) is 11.3. The number of nitrogens with one attached hydrogen (secondary N) is 2. The number of benzene rings is 2. The van der Waals surface area contributed by atoms with Gasteiger partial charge in [-0.25, -0.2) is 9.18 Å². The van der Waals surface area contributed by atoms with Crippen molar-refractivity contribution in [1.82, 2.24) is 10.3 Å². The minimum absolute atomic E-state index is 0.330. The number of hydrogen-bond donors (Lipinski definition) is 2. The van der Waals surface area contributed by atoms with Gasteiger partial charge >= 0.3 is 5.97 Å². The Morgan fingerprint density at radius 1 is 1.10 bits per heavy atom. The summed E-state index contributed by atoms with van der Waals surface area (Å²) in [5, 5.41) is 3.85. The zero-order valence-corrected chi connectivity index (χ0v) is 16.3. The summed E-state index contributed by atoms with van der Waals surface area (Å²) < 4.78 is 23.6. The number of rotatable bonds is 8. The Morgan fingerprint density at radius 3 is 2.59 bits per heavy atom. The van der Waals surface area contributed by atoms with Crippen LogP contribution in [0.25, 0.3) is 10.9 Å². The Morgan fingerprint density at radius 2 is 1.83 bits per heavy atom. The molecule has 0 aliphatic carbocycles. The lowest BCUT2D eigenvalue weighted by molar-refractivity contribution is -0.162. The molecule has 152 valence electrons. The third-order valence-electron chi connectivity index (χ3n) is 4.40. The van der Waals surface area contributed by atoms with E-state index in [1.807, 2.05) is 30.5 Å². The molecule has 0 radical (unpaired) electrons. The molecule has 3 aromatic rings. The monoisotopic (exact) mass is 398 g/mol. The van der Waals surface area contributed by atoms with E-state index in [2.05, 4.69) is 10.3 Å². The number of hydrogen-bond acceptors (Lipinski definition) is 4. The number of aromatic amines is 1. The second-order valence-corrected chi connectivity index (χ2v) is 7.10. The Balaban J connectivity index is 1.43. The van der Waals surface area contributed by atoms with Crippen molar-refractivity contribution >= 4 is 22.8 Å². The molecule has 0 atom stereocenters. The van der Waals surface area contributed by atoms with Gasteiger partial charge in [0.1, 0.15) is 11.6 Å². The summed E-state index contributed by atoms with van der Waals surface area (Å²) in [7, 11) is 0. The maximum Gasteiger partial charge on any atom is 0.350 e. The van der Waals surface area contributed by atoms with Crippen molar-refractivity contribution in [2.24, 2.45) is 0 Å². The SMILES string of the molecule is CC(C)(Oc1ccc(F)cc1)C(=O)OCC(=O)NCCc1c[nH]c2ccccc12. The first-order valence-electron chi connectivity index (χ1n) is 9.29. The van der Waals surface area contributed by atoms with Crippen molar-refractivity contribution in [2.75, 3.05) is 13.2 Å². The molecule has 0 saturated carbocycles. The number of para-hydroxylation sites is 1. The lowest BCUT2D eigenvalue weighted by Crippen LogP contribution is -2.41. The molecule has 0 aliphatic heterocycles. The van der Waals surface area contributed by atoms with Gasteiger partial charge in [0, 0.05) is 23.6 Å². The van der Waals surface area contributed by atoms with Crippen LogP contribution < -0.4 is 10.1 Å². The largest absolute Gasteiger partial charge is 0.476 e. The van der Waals surface area contributed by atoms with Crippen LogP contribution in [0.3, 0.4) is 0 Å². The average molecular weight is 398 g/mol. The van der Waals surface area contributed by atoms with Crippen LogP contribution in [-0.2, 0) is 20.7 Å². The summed E-state index contributed by atoms with van der Waals surface area (Å²) >= 11 is 0. The van der Waals surface area contributed by atoms with Gasteiger partial charge in [-0.05, 0) is 56.2 Å². The van der Waals surface area contributed by atoms with E-state index in [0.29, 0.717) is 18.7 Å². The molecule has 3 rings (SSSR count). The highest BCUT2D eigenvalue weighted by molar-refractivity contribution is 5.84. The van der Waals surface area contributed by atoms with Crippen molar-refractivity contribution in [3.63, 3.8) is 0 Å². The zero-order chi connectivity index (χ0) is 20.9. The fraction of sp³-hybridized carbons (Fsp3) is 0.273. The summed E-state index contributed by atoms with van der Waals surface area (Å²) in [6.07, 6.45) is 2.58. The third-order valence-corrected chi connectivity index (χ3v) is 4.40. The molecular weight excluding hydrogens is 375 g/mol. The van der Waals surface area contributed by atoms with Crippen LogP contribution in [0.2, 0.25) is 0 Å². The van der Waals surface area contributed by atoms with Gasteiger partial charge in [0.15, 0.2) is 12.2 Å². The molecule has 1 heterocycles. The molecule has 2 N–H and O–H groups in total. The number of carbonyl (C=O) groups is 2. The summed E-state index contributed by atoms with van der Waals surface area (Å²) in [6.45, 7) is 3.07. The van der Waals surface area contributed by atoms with Crippen molar-refractivity contribution in [2.45, 2.75) is 25.9 Å². The number of esters is 1. The van der Waals surface area contributed by atoms with Crippen LogP contribution >= 0.6 is 0 Å². The molecule has 0 saturated heterocycles. The zero-order valence-electron chi connectivity index (χ0n) is 16.3. The highest BCUT2D eigenvalue weighted by atomic mass is 19.1. The average Bonchev–Trinajstić information content (AvgIpc) is 3.11. The Hall–Kier alpha value is -3.35. The molecular formula is C22H23FN2O4. The van der Waals surface area contributed by atoms with Gasteiger partial charge in [0.25, 0.3) is 5.91 Å². The first-order valence-corrected chi connectivity index (χ1v) is 9.29. The van der Waals surface area contributed by atoms with Crippen molar-refractivity contribution in [3.05, 3.63) is 66.1 Å². The highest BCUT2D eigenvalue weighted by Gasteiger charge is 2.32. The van der Waals surface area contributed by atoms with E-state index in [1.54, 1.807) is 0 Å². The molecule has 1 aromatic heterocycles. The van der Waals surface area contributed by atoms with Crippen molar-refractivity contribution in [1.29, 1.82) is 0 Å². The van der Waals surface area contributed by atoms with Crippen LogP contribution in [0.15, 0.2) is 54.7 Å². The summed E-state index contributed by atoms with van der Waals surface area (Å²) in [4.78, 5) is 27.4.